The van der Waals surface area contributed by atoms with Crippen molar-refractivity contribution in [1.82, 2.24) is 9.97 Å². The van der Waals surface area contributed by atoms with Gasteiger partial charge < -0.3 is 4.42 Å². The third-order valence-electron chi connectivity index (χ3n) is 5.60. The van der Waals surface area contributed by atoms with Gasteiger partial charge in [0, 0.05) is 21.9 Å². The third kappa shape index (κ3) is 3.46. The molecular formula is C28H17IN2O. The van der Waals surface area contributed by atoms with Crippen LogP contribution in [0.2, 0.25) is 0 Å². The van der Waals surface area contributed by atoms with Crippen molar-refractivity contribution in [2.45, 2.75) is 0 Å². The number of rotatable bonds is 3. The molecule has 0 aliphatic carbocycles. The summed E-state index contributed by atoms with van der Waals surface area (Å²) in [6, 6.07) is 35.2. The molecule has 0 amide bonds. The van der Waals surface area contributed by atoms with Gasteiger partial charge in [-0.1, -0.05) is 72.8 Å². The summed E-state index contributed by atoms with van der Waals surface area (Å²) >= 11 is 2.26. The number of aromatic nitrogens is 2. The van der Waals surface area contributed by atoms with Gasteiger partial charge in [0.1, 0.15) is 14.9 Å². The molecule has 0 fully saturated rings. The van der Waals surface area contributed by atoms with Crippen molar-refractivity contribution in [2.24, 2.45) is 0 Å². The van der Waals surface area contributed by atoms with Crippen LogP contribution in [0.25, 0.3) is 55.7 Å². The Labute approximate surface area is 198 Å². The number of benzene rings is 4. The first-order valence-electron chi connectivity index (χ1n) is 10.4. The molecule has 0 aliphatic heterocycles. The Hall–Kier alpha value is -3.51. The lowest BCUT2D eigenvalue weighted by Crippen LogP contribution is -1.95. The average Bonchev–Trinajstić information content (AvgIpc) is 3.22. The maximum atomic E-state index is 6.07. The Bertz CT molecular complexity index is 1590. The van der Waals surface area contributed by atoms with Crippen LogP contribution in [0.4, 0.5) is 0 Å². The second-order valence-electron chi connectivity index (χ2n) is 7.66. The Kier molecular flexibility index (Phi) is 4.72. The first-order chi connectivity index (χ1) is 15.7. The van der Waals surface area contributed by atoms with Gasteiger partial charge in [0.25, 0.3) is 0 Å². The molecule has 0 bridgehead atoms. The highest BCUT2D eigenvalue weighted by Gasteiger charge is 2.12. The van der Waals surface area contributed by atoms with E-state index in [4.69, 9.17) is 14.4 Å². The molecule has 152 valence electrons. The molecule has 0 aliphatic rings. The maximum Gasteiger partial charge on any atom is 0.161 e. The summed E-state index contributed by atoms with van der Waals surface area (Å²) in [5, 5.41) is 2.22. The van der Waals surface area contributed by atoms with Crippen LogP contribution in [0.1, 0.15) is 0 Å². The van der Waals surface area contributed by atoms with Gasteiger partial charge in [0.15, 0.2) is 5.82 Å². The predicted molar refractivity (Wildman–Crippen MR) is 138 cm³/mol. The Morgan fingerprint density at radius 1 is 0.531 bits per heavy atom. The van der Waals surface area contributed by atoms with Crippen LogP contribution < -0.4 is 0 Å². The fourth-order valence-electron chi connectivity index (χ4n) is 4.05. The van der Waals surface area contributed by atoms with E-state index in [1.165, 1.54) is 11.1 Å². The quantitative estimate of drug-likeness (QED) is 0.174. The molecule has 0 spiro atoms. The number of furan rings is 1. The lowest BCUT2D eigenvalue weighted by atomic mass is 10.0. The summed E-state index contributed by atoms with van der Waals surface area (Å²) in [7, 11) is 0. The highest BCUT2D eigenvalue weighted by molar-refractivity contribution is 14.1. The monoisotopic (exact) mass is 524 g/mol. The molecule has 3 nitrogen and oxygen atoms in total. The molecule has 32 heavy (non-hydrogen) atoms. The van der Waals surface area contributed by atoms with Gasteiger partial charge >= 0.3 is 0 Å². The van der Waals surface area contributed by atoms with Crippen LogP contribution in [0, 0.1) is 3.70 Å². The van der Waals surface area contributed by atoms with Crippen molar-refractivity contribution in [3.05, 3.63) is 107 Å². The summed E-state index contributed by atoms with van der Waals surface area (Å²) in [5.41, 5.74) is 7.01. The minimum Gasteiger partial charge on any atom is -0.456 e. The van der Waals surface area contributed by atoms with E-state index in [1.807, 2.05) is 36.4 Å². The third-order valence-corrected chi connectivity index (χ3v) is 6.15. The molecule has 0 radical (unpaired) electrons. The number of nitrogens with zero attached hydrogens (tertiary/aromatic N) is 2. The van der Waals surface area contributed by atoms with Crippen molar-refractivity contribution in [3.63, 3.8) is 0 Å². The van der Waals surface area contributed by atoms with Crippen LogP contribution in [-0.2, 0) is 0 Å². The summed E-state index contributed by atoms with van der Waals surface area (Å²) in [6.45, 7) is 0. The molecule has 6 rings (SSSR count). The molecule has 0 saturated carbocycles. The van der Waals surface area contributed by atoms with Gasteiger partial charge in [0.05, 0.1) is 5.69 Å². The Morgan fingerprint density at radius 3 is 2.19 bits per heavy atom. The number of halogens is 1. The van der Waals surface area contributed by atoms with Gasteiger partial charge in [-0.2, -0.15) is 0 Å². The largest absolute Gasteiger partial charge is 0.456 e. The molecular weight excluding hydrogens is 507 g/mol. The molecule has 0 saturated heterocycles. The van der Waals surface area contributed by atoms with E-state index in [2.05, 4.69) is 89.3 Å². The first-order valence-corrected chi connectivity index (χ1v) is 11.4. The SMILES string of the molecule is Ic1cc(-c2cccc(-c3ccccc3)c2)nc(-c2ccc3c(c2)oc2ccccc23)n1. The van der Waals surface area contributed by atoms with Crippen molar-refractivity contribution < 1.29 is 4.42 Å². The molecule has 6 aromatic rings. The van der Waals surface area contributed by atoms with Crippen molar-refractivity contribution >= 4 is 44.5 Å². The lowest BCUT2D eigenvalue weighted by molar-refractivity contribution is 0.669. The second kappa shape index (κ2) is 7.88. The van der Waals surface area contributed by atoms with E-state index in [0.29, 0.717) is 5.82 Å². The minimum atomic E-state index is 0.694. The maximum absolute atomic E-state index is 6.07. The van der Waals surface area contributed by atoms with E-state index in [9.17, 15) is 0 Å². The molecule has 2 aromatic heterocycles. The number of fused-ring (bicyclic) bond motifs is 3. The number of hydrogen-bond acceptors (Lipinski definition) is 3. The number of hydrogen-bond donors (Lipinski definition) is 0. The normalized spacial score (nSPS) is 11.3. The molecule has 0 N–H and O–H groups in total. The van der Waals surface area contributed by atoms with Gasteiger partial charge in [-0.3, -0.25) is 0 Å². The first kappa shape index (κ1) is 19.2. The Morgan fingerprint density at radius 2 is 1.28 bits per heavy atom. The Balaban J connectivity index is 1.45. The van der Waals surface area contributed by atoms with Gasteiger partial charge in [-0.25, -0.2) is 9.97 Å². The second-order valence-corrected chi connectivity index (χ2v) is 8.76. The molecule has 0 atom stereocenters. The van der Waals surface area contributed by atoms with Crippen LogP contribution in [-0.4, -0.2) is 9.97 Å². The summed E-state index contributed by atoms with van der Waals surface area (Å²) in [6.07, 6.45) is 0. The minimum absolute atomic E-state index is 0.694. The highest BCUT2D eigenvalue weighted by Crippen LogP contribution is 2.32. The average molecular weight is 524 g/mol. The molecule has 4 aromatic carbocycles. The fraction of sp³-hybridized carbons (Fsp3) is 0. The van der Waals surface area contributed by atoms with E-state index in [1.54, 1.807) is 0 Å². The topological polar surface area (TPSA) is 38.9 Å². The molecule has 2 heterocycles. The van der Waals surface area contributed by atoms with Gasteiger partial charge in [-0.15, -0.1) is 0 Å². The van der Waals surface area contributed by atoms with E-state index >= 15 is 0 Å². The molecule has 0 unspecified atom stereocenters. The molecule has 4 heteroatoms. The van der Waals surface area contributed by atoms with Gasteiger partial charge in [0.2, 0.25) is 0 Å². The van der Waals surface area contributed by atoms with Crippen LogP contribution >= 0.6 is 22.6 Å². The van der Waals surface area contributed by atoms with Crippen LogP contribution in [0.3, 0.4) is 0 Å². The van der Waals surface area contributed by atoms with E-state index < -0.39 is 0 Å². The standard InChI is InChI=1S/C28H17IN2O/c29-27-17-24(20-10-6-9-19(15-20)18-7-2-1-3-8-18)30-28(31-27)21-13-14-23-22-11-4-5-12-25(22)32-26(23)16-21/h1-17H. The predicted octanol–water partition coefficient (Wildman–Crippen LogP) is 7.98. The zero-order valence-corrected chi connectivity index (χ0v) is 19.2. The zero-order chi connectivity index (χ0) is 21.5. The lowest BCUT2D eigenvalue weighted by Gasteiger charge is -2.08. The number of para-hydroxylation sites is 1. The van der Waals surface area contributed by atoms with Crippen molar-refractivity contribution in [3.8, 4) is 33.8 Å². The smallest absolute Gasteiger partial charge is 0.161 e. The van der Waals surface area contributed by atoms with Crippen LogP contribution in [0.15, 0.2) is 108 Å². The summed E-state index contributed by atoms with van der Waals surface area (Å²) < 4.78 is 6.97. The fourth-order valence-corrected chi connectivity index (χ4v) is 4.57. The van der Waals surface area contributed by atoms with Gasteiger partial charge in [-0.05, 0) is 64.0 Å². The van der Waals surface area contributed by atoms with Crippen LogP contribution in [0.5, 0.6) is 0 Å². The highest BCUT2D eigenvalue weighted by atomic mass is 127. The summed E-state index contributed by atoms with van der Waals surface area (Å²) in [5.74, 6) is 0.694. The van der Waals surface area contributed by atoms with E-state index in [0.717, 1.165) is 42.5 Å². The summed E-state index contributed by atoms with van der Waals surface area (Å²) in [4.78, 5) is 9.62. The van der Waals surface area contributed by atoms with Crippen molar-refractivity contribution in [2.75, 3.05) is 0 Å². The van der Waals surface area contributed by atoms with Crippen molar-refractivity contribution in [1.29, 1.82) is 0 Å². The van der Waals surface area contributed by atoms with E-state index in [-0.39, 0.29) is 0 Å². The zero-order valence-electron chi connectivity index (χ0n) is 17.0.